The van der Waals surface area contributed by atoms with Gasteiger partial charge < -0.3 is 8.83 Å². The summed E-state index contributed by atoms with van der Waals surface area (Å²) < 4.78 is 12.5. The van der Waals surface area contributed by atoms with E-state index in [-0.39, 0.29) is 0 Å². The summed E-state index contributed by atoms with van der Waals surface area (Å²) in [6, 6.07) is 49.6. The molecule has 0 saturated heterocycles. The Hall–Kier alpha value is -6.00. The van der Waals surface area contributed by atoms with Crippen molar-refractivity contribution in [1.82, 2.24) is 9.97 Å². The molecule has 0 aliphatic rings. The van der Waals surface area contributed by atoms with Crippen molar-refractivity contribution in [1.29, 1.82) is 0 Å². The Balaban J connectivity index is 1.39. The fourth-order valence-corrected chi connectivity index (χ4v) is 6.26. The molecule has 0 aliphatic carbocycles. The molecule has 6 aromatic carbocycles. The zero-order chi connectivity index (χ0) is 29.0. The third-order valence-corrected chi connectivity index (χ3v) is 8.32. The second kappa shape index (κ2) is 9.79. The van der Waals surface area contributed by atoms with Gasteiger partial charge in [-0.05, 0) is 53.6 Å². The fraction of sp³-hybridized carbons (Fsp3) is 0. The van der Waals surface area contributed by atoms with Crippen LogP contribution in [0.15, 0.2) is 154 Å². The molecule has 3 aromatic heterocycles. The van der Waals surface area contributed by atoms with Crippen LogP contribution in [0.3, 0.4) is 0 Å². The van der Waals surface area contributed by atoms with Crippen LogP contribution in [0.1, 0.15) is 0 Å². The van der Waals surface area contributed by atoms with Gasteiger partial charge in [-0.25, -0.2) is 9.97 Å². The molecule has 0 amide bonds. The lowest BCUT2D eigenvalue weighted by molar-refractivity contribution is 0.668. The van der Waals surface area contributed by atoms with Gasteiger partial charge in [-0.15, -0.1) is 0 Å². The van der Waals surface area contributed by atoms with Crippen molar-refractivity contribution in [2.45, 2.75) is 0 Å². The molecule has 0 saturated carbocycles. The maximum absolute atomic E-state index is 6.38. The SMILES string of the molecule is c1ccc(-c2cc(-c3ccccc3)nc(-c3c(-c4ccc5oc6ccccc6c5c4)ccc4oc5ccccc5c34)n2)cc1. The lowest BCUT2D eigenvalue weighted by atomic mass is 9.93. The summed E-state index contributed by atoms with van der Waals surface area (Å²) in [6.07, 6.45) is 0. The lowest BCUT2D eigenvalue weighted by Crippen LogP contribution is -1.98. The van der Waals surface area contributed by atoms with Gasteiger partial charge in [0.1, 0.15) is 22.3 Å². The van der Waals surface area contributed by atoms with Crippen molar-refractivity contribution < 1.29 is 8.83 Å². The van der Waals surface area contributed by atoms with Crippen LogP contribution in [0.25, 0.3) is 88.9 Å². The Morgan fingerprint density at radius 1 is 0.386 bits per heavy atom. The molecular formula is C40H24N2O2. The minimum atomic E-state index is 0.648. The monoisotopic (exact) mass is 564 g/mol. The van der Waals surface area contributed by atoms with E-state index in [1.807, 2.05) is 72.8 Å². The van der Waals surface area contributed by atoms with E-state index in [4.69, 9.17) is 18.8 Å². The molecule has 44 heavy (non-hydrogen) atoms. The second-order valence-corrected chi connectivity index (χ2v) is 11.0. The van der Waals surface area contributed by atoms with Crippen molar-refractivity contribution in [3.05, 3.63) is 146 Å². The number of benzene rings is 6. The largest absolute Gasteiger partial charge is 0.456 e. The van der Waals surface area contributed by atoms with Crippen LogP contribution >= 0.6 is 0 Å². The Kier molecular flexibility index (Phi) is 5.47. The van der Waals surface area contributed by atoms with E-state index in [0.717, 1.165) is 83.1 Å². The first kappa shape index (κ1) is 24.6. The highest BCUT2D eigenvalue weighted by atomic mass is 16.3. The highest BCUT2D eigenvalue weighted by Gasteiger charge is 2.22. The van der Waals surface area contributed by atoms with Crippen LogP contribution in [0.2, 0.25) is 0 Å². The molecule has 3 heterocycles. The smallest absolute Gasteiger partial charge is 0.161 e. The minimum Gasteiger partial charge on any atom is -0.456 e. The average molecular weight is 565 g/mol. The summed E-state index contributed by atoms with van der Waals surface area (Å²) >= 11 is 0. The molecule has 0 aliphatic heterocycles. The third-order valence-electron chi connectivity index (χ3n) is 8.32. The van der Waals surface area contributed by atoms with Crippen molar-refractivity contribution in [3.8, 4) is 45.0 Å². The maximum atomic E-state index is 6.38. The molecular weight excluding hydrogens is 540 g/mol. The van der Waals surface area contributed by atoms with E-state index >= 15 is 0 Å². The summed E-state index contributed by atoms with van der Waals surface area (Å²) in [5.41, 5.74) is 10.2. The maximum Gasteiger partial charge on any atom is 0.161 e. The number of fused-ring (bicyclic) bond motifs is 6. The third kappa shape index (κ3) is 3.92. The molecule has 4 heteroatoms. The van der Waals surface area contributed by atoms with Crippen LogP contribution in [-0.2, 0) is 0 Å². The fourth-order valence-electron chi connectivity index (χ4n) is 6.26. The Bertz CT molecular complexity index is 2430. The van der Waals surface area contributed by atoms with E-state index in [1.54, 1.807) is 0 Å². The molecule has 0 fully saturated rings. The van der Waals surface area contributed by atoms with Crippen LogP contribution in [0.4, 0.5) is 0 Å². The minimum absolute atomic E-state index is 0.648. The van der Waals surface area contributed by atoms with E-state index in [0.29, 0.717) is 5.82 Å². The van der Waals surface area contributed by atoms with Crippen molar-refractivity contribution in [3.63, 3.8) is 0 Å². The first-order valence-electron chi connectivity index (χ1n) is 14.7. The molecule has 0 spiro atoms. The summed E-state index contributed by atoms with van der Waals surface area (Å²) in [4.78, 5) is 10.5. The van der Waals surface area contributed by atoms with Crippen LogP contribution in [0.5, 0.6) is 0 Å². The van der Waals surface area contributed by atoms with Gasteiger partial charge in [0.2, 0.25) is 0 Å². The zero-order valence-corrected chi connectivity index (χ0v) is 23.6. The number of aromatic nitrogens is 2. The van der Waals surface area contributed by atoms with Gasteiger partial charge >= 0.3 is 0 Å². The number of hydrogen-bond donors (Lipinski definition) is 0. The summed E-state index contributed by atoms with van der Waals surface area (Å²) in [6.45, 7) is 0. The molecule has 0 N–H and O–H groups in total. The van der Waals surface area contributed by atoms with Crippen LogP contribution in [-0.4, -0.2) is 9.97 Å². The number of para-hydroxylation sites is 2. The average Bonchev–Trinajstić information content (AvgIpc) is 3.66. The Morgan fingerprint density at radius 2 is 0.932 bits per heavy atom. The predicted molar refractivity (Wildman–Crippen MR) is 178 cm³/mol. The predicted octanol–water partition coefficient (Wildman–Crippen LogP) is 10.9. The highest BCUT2D eigenvalue weighted by molar-refractivity contribution is 6.16. The van der Waals surface area contributed by atoms with E-state index in [9.17, 15) is 0 Å². The van der Waals surface area contributed by atoms with Crippen molar-refractivity contribution in [2.24, 2.45) is 0 Å². The van der Waals surface area contributed by atoms with E-state index in [2.05, 4.69) is 72.8 Å². The van der Waals surface area contributed by atoms with Gasteiger partial charge in [0.25, 0.3) is 0 Å². The molecule has 206 valence electrons. The standard InChI is InChI=1S/C40H24N2O2/c1-3-11-25(12-4-1)32-24-33(26-13-5-2-6-14-26)42-40(41-32)39-28(20-22-37-38(39)30-16-8-10-18-35(30)44-37)27-19-21-36-31(23-27)29-15-7-9-17-34(29)43-36/h1-24H. The number of nitrogens with zero attached hydrogens (tertiary/aromatic N) is 2. The molecule has 9 rings (SSSR count). The molecule has 0 atom stereocenters. The quantitative estimate of drug-likeness (QED) is 0.213. The van der Waals surface area contributed by atoms with Gasteiger partial charge in [0.05, 0.1) is 11.4 Å². The van der Waals surface area contributed by atoms with Crippen LogP contribution < -0.4 is 0 Å². The summed E-state index contributed by atoms with van der Waals surface area (Å²) in [7, 11) is 0. The van der Waals surface area contributed by atoms with Crippen molar-refractivity contribution in [2.75, 3.05) is 0 Å². The topological polar surface area (TPSA) is 52.1 Å². The van der Waals surface area contributed by atoms with Gasteiger partial charge in [-0.3, -0.25) is 0 Å². The van der Waals surface area contributed by atoms with Gasteiger partial charge in [-0.2, -0.15) is 0 Å². The van der Waals surface area contributed by atoms with Gasteiger partial charge in [-0.1, -0.05) is 103 Å². The van der Waals surface area contributed by atoms with Gasteiger partial charge in [0.15, 0.2) is 5.82 Å². The number of furan rings is 2. The molecule has 0 unspecified atom stereocenters. The summed E-state index contributed by atoms with van der Waals surface area (Å²) in [5, 5.41) is 4.20. The Labute approximate surface area is 252 Å². The van der Waals surface area contributed by atoms with Gasteiger partial charge in [0, 0.05) is 38.2 Å². The molecule has 0 radical (unpaired) electrons. The van der Waals surface area contributed by atoms with E-state index < -0.39 is 0 Å². The zero-order valence-electron chi connectivity index (χ0n) is 23.6. The number of rotatable bonds is 4. The molecule has 9 aromatic rings. The summed E-state index contributed by atoms with van der Waals surface area (Å²) in [5.74, 6) is 0.648. The Morgan fingerprint density at radius 3 is 1.64 bits per heavy atom. The van der Waals surface area contributed by atoms with Crippen molar-refractivity contribution >= 4 is 43.9 Å². The van der Waals surface area contributed by atoms with Crippen LogP contribution in [0, 0.1) is 0 Å². The highest BCUT2D eigenvalue weighted by Crippen LogP contribution is 2.43. The molecule has 4 nitrogen and oxygen atoms in total. The first-order valence-corrected chi connectivity index (χ1v) is 14.7. The molecule has 0 bridgehead atoms. The second-order valence-electron chi connectivity index (χ2n) is 11.0. The lowest BCUT2D eigenvalue weighted by Gasteiger charge is -2.14. The first-order chi connectivity index (χ1) is 21.8. The number of hydrogen-bond acceptors (Lipinski definition) is 4. The van der Waals surface area contributed by atoms with E-state index in [1.165, 1.54) is 0 Å². The normalized spacial score (nSPS) is 11.6.